The molecule has 0 radical (unpaired) electrons. The quantitative estimate of drug-likeness (QED) is 0.749. The van der Waals surface area contributed by atoms with Gasteiger partial charge in [0, 0.05) is 13.1 Å². The van der Waals surface area contributed by atoms with Crippen molar-refractivity contribution in [2.24, 2.45) is 5.92 Å². The van der Waals surface area contributed by atoms with E-state index < -0.39 is 0 Å². The van der Waals surface area contributed by atoms with E-state index in [4.69, 9.17) is 0 Å². The van der Waals surface area contributed by atoms with Crippen molar-refractivity contribution in [1.82, 2.24) is 9.80 Å². The first-order chi connectivity index (χ1) is 7.25. The summed E-state index contributed by atoms with van der Waals surface area (Å²) in [6.07, 6.45) is 5.08. The van der Waals surface area contributed by atoms with Gasteiger partial charge in [-0.15, -0.1) is 0 Å². The number of likely N-dealkylation sites (tertiary alicyclic amines) is 2. The lowest BCUT2D eigenvalue weighted by Gasteiger charge is -2.30. The minimum absolute atomic E-state index is 0.104. The third-order valence-corrected chi connectivity index (χ3v) is 3.87. The van der Waals surface area contributed by atoms with Crippen LogP contribution in [0.5, 0.6) is 0 Å². The van der Waals surface area contributed by atoms with Crippen molar-refractivity contribution in [1.29, 1.82) is 0 Å². The van der Waals surface area contributed by atoms with Gasteiger partial charge in [-0.3, -0.25) is 0 Å². The normalized spacial score (nSPS) is 32.0. The van der Waals surface area contributed by atoms with Crippen LogP contribution in [0.15, 0.2) is 0 Å². The topological polar surface area (TPSA) is 26.7 Å². The molecule has 15 heavy (non-hydrogen) atoms. The van der Waals surface area contributed by atoms with Crippen molar-refractivity contribution in [2.75, 3.05) is 39.8 Å². The van der Waals surface area contributed by atoms with Gasteiger partial charge >= 0.3 is 0 Å². The van der Waals surface area contributed by atoms with Gasteiger partial charge in [0.25, 0.3) is 0 Å². The highest BCUT2D eigenvalue weighted by Crippen LogP contribution is 2.20. The Balaban J connectivity index is 1.73. The summed E-state index contributed by atoms with van der Waals surface area (Å²) in [5, 5.41) is 10.2. The summed E-state index contributed by atoms with van der Waals surface area (Å²) in [5.41, 5.74) is 0. The number of piperidine rings is 1. The number of β-amino-alcohol motifs (C(OH)–C–C–N with tert-alkyl or cyclic N) is 1. The van der Waals surface area contributed by atoms with Crippen molar-refractivity contribution in [3.05, 3.63) is 0 Å². The van der Waals surface area contributed by atoms with Crippen LogP contribution in [-0.4, -0.2) is 60.8 Å². The monoisotopic (exact) mass is 212 g/mol. The number of hydrogen-bond acceptors (Lipinski definition) is 3. The average Bonchev–Trinajstić information content (AvgIpc) is 2.66. The van der Waals surface area contributed by atoms with Crippen molar-refractivity contribution in [2.45, 2.75) is 31.8 Å². The van der Waals surface area contributed by atoms with Crippen LogP contribution in [0.2, 0.25) is 0 Å². The predicted molar refractivity (Wildman–Crippen MR) is 61.9 cm³/mol. The Hall–Kier alpha value is -0.120. The van der Waals surface area contributed by atoms with E-state index in [-0.39, 0.29) is 6.10 Å². The number of aliphatic hydroxyl groups excluding tert-OH is 1. The Morgan fingerprint density at radius 3 is 2.53 bits per heavy atom. The molecule has 0 spiro atoms. The maximum Gasteiger partial charge on any atom is 0.0707 e. The van der Waals surface area contributed by atoms with E-state index in [1.165, 1.54) is 38.8 Å². The van der Waals surface area contributed by atoms with Gasteiger partial charge in [0.1, 0.15) is 0 Å². The van der Waals surface area contributed by atoms with Gasteiger partial charge < -0.3 is 14.9 Å². The van der Waals surface area contributed by atoms with Crippen LogP contribution in [-0.2, 0) is 0 Å². The van der Waals surface area contributed by atoms with Crippen molar-refractivity contribution < 1.29 is 5.11 Å². The second-order valence-corrected chi connectivity index (χ2v) is 5.24. The Morgan fingerprint density at radius 2 is 1.93 bits per heavy atom. The molecule has 2 saturated heterocycles. The molecule has 0 aromatic carbocycles. The highest BCUT2D eigenvalue weighted by Gasteiger charge is 2.27. The summed E-state index contributed by atoms with van der Waals surface area (Å²) in [6, 6.07) is 0. The number of aliphatic hydroxyl groups is 1. The molecule has 2 unspecified atom stereocenters. The van der Waals surface area contributed by atoms with E-state index in [0.29, 0.717) is 5.92 Å². The molecule has 0 amide bonds. The molecule has 88 valence electrons. The molecule has 0 saturated carbocycles. The summed E-state index contributed by atoms with van der Waals surface area (Å²) in [7, 11) is 2.15. The first-order valence-corrected chi connectivity index (χ1v) is 6.34. The fourth-order valence-electron chi connectivity index (χ4n) is 2.84. The predicted octanol–water partition coefficient (Wildman–Crippen LogP) is 0.785. The van der Waals surface area contributed by atoms with E-state index in [1.807, 2.05) is 0 Å². The SMILES string of the molecule is CN1CCC(C(O)CN2CCCCC2)C1. The average molecular weight is 212 g/mol. The first-order valence-electron chi connectivity index (χ1n) is 6.34. The minimum atomic E-state index is -0.104. The fourth-order valence-corrected chi connectivity index (χ4v) is 2.84. The lowest BCUT2D eigenvalue weighted by Crippen LogP contribution is -2.40. The summed E-state index contributed by atoms with van der Waals surface area (Å²) in [6.45, 7) is 5.52. The van der Waals surface area contributed by atoms with E-state index >= 15 is 0 Å². The molecule has 2 atom stereocenters. The Morgan fingerprint density at radius 1 is 1.20 bits per heavy atom. The second-order valence-electron chi connectivity index (χ2n) is 5.24. The van der Waals surface area contributed by atoms with Gasteiger partial charge in [0.2, 0.25) is 0 Å². The zero-order chi connectivity index (χ0) is 10.7. The van der Waals surface area contributed by atoms with Crippen LogP contribution in [0.25, 0.3) is 0 Å². The van der Waals surface area contributed by atoms with Gasteiger partial charge in [-0.25, -0.2) is 0 Å². The second kappa shape index (κ2) is 5.28. The van der Waals surface area contributed by atoms with E-state index in [0.717, 1.165) is 19.6 Å². The first kappa shape index (κ1) is 11.4. The smallest absolute Gasteiger partial charge is 0.0707 e. The standard InChI is InChI=1S/C12H24N2O/c1-13-8-5-11(9-13)12(15)10-14-6-3-2-4-7-14/h11-12,15H,2-10H2,1H3. The maximum absolute atomic E-state index is 10.2. The molecule has 3 heteroatoms. The molecule has 3 nitrogen and oxygen atoms in total. The summed E-state index contributed by atoms with van der Waals surface area (Å²) in [5.74, 6) is 0.511. The van der Waals surface area contributed by atoms with Gasteiger partial charge in [0.15, 0.2) is 0 Å². The molecular weight excluding hydrogens is 188 g/mol. The van der Waals surface area contributed by atoms with Gasteiger partial charge in [-0.05, 0) is 51.9 Å². The molecule has 0 aliphatic carbocycles. The number of rotatable bonds is 3. The zero-order valence-electron chi connectivity index (χ0n) is 9.86. The van der Waals surface area contributed by atoms with E-state index in [1.54, 1.807) is 0 Å². The maximum atomic E-state index is 10.2. The Labute approximate surface area is 93.1 Å². The minimum Gasteiger partial charge on any atom is -0.391 e. The number of nitrogens with zero attached hydrogens (tertiary/aromatic N) is 2. The largest absolute Gasteiger partial charge is 0.391 e. The number of hydrogen-bond donors (Lipinski definition) is 1. The highest BCUT2D eigenvalue weighted by atomic mass is 16.3. The fraction of sp³-hybridized carbons (Fsp3) is 1.00. The summed E-state index contributed by atoms with van der Waals surface area (Å²) < 4.78 is 0. The van der Waals surface area contributed by atoms with Crippen molar-refractivity contribution in [3.63, 3.8) is 0 Å². The molecule has 0 bridgehead atoms. The van der Waals surface area contributed by atoms with Crippen LogP contribution in [0.4, 0.5) is 0 Å². The van der Waals surface area contributed by atoms with Crippen LogP contribution in [0.1, 0.15) is 25.7 Å². The van der Waals surface area contributed by atoms with Crippen LogP contribution < -0.4 is 0 Å². The Kier molecular flexibility index (Phi) is 4.00. The summed E-state index contributed by atoms with van der Waals surface area (Å²) in [4.78, 5) is 4.76. The van der Waals surface area contributed by atoms with E-state index in [9.17, 15) is 5.11 Å². The van der Waals surface area contributed by atoms with Crippen LogP contribution in [0, 0.1) is 5.92 Å². The van der Waals surface area contributed by atoms with Gasteiger partial charge in [0.05, 0.1) is 6.10 Å². The zero-order valence-corrected chi connectivity index (χ0v) is 9.86. The van der Waals surface area contributed by atoms with E-state index in [2.05, 4.69) is 16.8 Å². The van der Waals surface area contributed by atoms with Gasteiger partial charge in [-0.1, -0.05) is 6.42 Å². The molecule has 0 aromatic heterocycles. The molecule has 2 aliphatic rings. The molecule has 0 aromatic rings. The highest BCUT2D eigenvalue weighted by molar-refractivity contribution is 4.81. The van der Waals surface area contributed by atoms with Crippen LogP contribution in [0.3, 0.4) is 0 Å². The van der Waals surface area contributed by atoms with Crippen LogP contribution >= 0.6 is 0 Å². The molecule has 2 fully saturated rings. The lowest BCUT2D eigenvalue weighted by atomic mass is 10.0. The molecular formula is C12H24N2O. The van der Waals surface area contributed by atoms with Crippen molar-refractivity contribution in [3.8, 4) is 0 Å². The van der Waals surface area contributed by atoms with Crippen molar-refractivity contribution >= 4 is 0 Å². The van der Waals surface area contributed by atoms with Gasteiger partial charge in [-0.2, -0.15) is 0 Å². The molecule has 2 heterocycles. The molecule has 2 rings (SSSR count). The summed E-state index contributed by atoms with van der Waals surface area (Å²) >= 11 is 0. The lowest BCUT2D eigenvalue weighted by molar-refractivity contribution is 0.0599. The third-order valence-electron chi connectivity index (χ3n) is 3.87. The third kappa shape index (κ3) is 3.16. The Bertz CT molecular complexity index is 192. The molecule has 1 N–H and O–H groups in total. The molecule has 2 aliphatic heterocycles.